The van der Waals surface area contributed by atoms with Crippen LogP contribution < -0.4 is 5.32 Å². The lowest BCUT2D eigenvalue weighted by atomic mass is 10.2. The van der Waals surface area contributed by atoms with Gasteiger partial charge in [0.1, 0.15) is 5.82 Å². The molecule has 0 radical (unpaired) electrons. The Balaban J connectivity index is 2.60. The molecule has 5 heteroatoms. The van der Waals surface area contributed by atoms with Crippen molar-refractivity contribution in [2.24, 2.45) is 0 Å². The molecule has 0 aliphatic carbocycles. The van der Waals surface area contributed by atoms with Crippen LogP contribution in [0.5, 0.6) is 0 Å². The van der Waals surface area contributed by atoms with E-state index < -0.39 is 5.82 Å². The Hall–Kier alpha value is -1.90. The number of ether oxygens (including phenoxy) is 1. The van der Waals surface area contributed by atoms with Crippen molar-refractivity contribution < 1.29 is 19.0 Å². The second kappa shape index (κ2) is 9.08. The van der Waals surface area contributed by atoms with Crippen LogP contribution in [0, 0.1) is 17.7 Å². The van der Waals surface area contributed by atoms with Gasteiger partial charge in [0, 0.05) is 18.6 Å². The second-order valence-corrected chi connectivity index (χ2v) is 3.97. The monoisotopic (exact) mass is 279 g/mol. The normalized spacial score (nSPS) is 9.75. The minimum atomic E-state index is -0.537. The molecule has 1 aromatic carbocycles. The molecule has 2 N–H and O–H groups in total. The summed E-state index contributed by atoms with van der Waals surface area (Å²) in [5.74, 6) is 4.60. The van der Waals surface area contributed by atoms with Crippen LogP contribution in [0.1, 0.15) is 25.3 Å². The average molecular weight is 279 g/mol. The van der Waals surface area contributed by atoms with E-state index in [4.69, 9.17) is 9.84 Å². The molecule has 108 valence electrons. The fourth-order valence-electron chi connectivity index (χ4n) is 1.44. The first-order chi connectivity index (χ1) is 9.67. The van der Waals surface area contributed by atoms with Gasteiger partial charge < -0.3 is 15.2 Å². The molecular weight excluding hydrogens is 261 g/mol. The van der Waals surface area contributed by atoms with E-state index in [-0.39, 0.29) is 24.6 Å². The number of aliphatic hydroxyl groups excluding tert-OH is 1. The molecule has 0 aromatic heterocycles. The lowest BCUT2D eigenvalue weighted by Gasteiger charge is -2.06. The Bertz CT molecular complexity index is 506. The van der Waals surface area contributed by atoms with Gasteiger partial charge >= 0.3 is 0 Å². The minimum absolute atomic E-state index is 0.0244. The molecule has 20 heavy (non-hydrogen) atoms. The molecule has 0 spiro atoms. The van der Waals surface area contributed by atoms with E-state index in [2.05, 4.69) is 17.2 Å². The third-order valence-electron chi connectivity index (χ3n) is 2.39. The van der Waals surface area contributed by atoms with Crippen LogP contribution in [0.3, 0.4) is 0 Å². The highest BCUT2D eigenvalue weighted by Crippen LogP contribution is 2.15. The van der Waals surface area contributed by atoms with Crippen molar-refractivity contribution in [2.45, 2.75) is 19.8 Å². The summed E-state index contributed by atoms with van der Waals surface area (Å²) in [7, 11) is 0. The van der Waals surface area contributed by atoms with Crippen molar-refractivity contribution in [2.75, 3.05) is 25.1 Å². The molecular formula is C15H18FNO3. The summed E-state index contributed by atoms with van der Waals surface area (Å²) in [4.78, 5) is 11.5. The summed E-state index contributed by atoms with van der Waals surface area (Å²) in [6.07, 6.45) is 0.531. The molecule has 0 fully saturated rings. The fourth-order valence-corrected chi connectivity index (χ4v) is 1.44. The molecule has 0 heterocycles. The van der Waals surface area contributed by atoms with Crippen LogP contribution in [0.2, 0.25) is 0 Å². The van der Waals surface area contributed by atoms with Gasteiger partial charge in [0.25, 0.3) is 0 Å². The summed E-state index contributed by atoms with van der Waals surface area (Å²) >= 11 is 0. The smallest absolute Gasteiger partial charge is 0.226 e. The Morgan fingerprint density at radius 2 is 2.30 bits per heavy atom. The molecule has 0 bridgehead atoms. The summed E-state index contributed by atoms with van der Waals surface area (Å²) in [6.45, 7) is 2.68. The van der Waals surface area contributed by atoms with Gasteiger partial charge in [-0.25, -0.2) is 4.39 Å². The zero-order valence-corrected chi connectivity index (χ0v) is 11.4. The summed E-state index contributed by atoms with van der Waals surface area (Å²) in [6, 6.07) is 4.34. The van der Waals surface area contributed by atoms with Crippen molar-refractivity contribution in [1.29, 1.82) is 0 Å². The zero-order chi connectivity index (χ0) is 14.8. The van der Waals surface area contributed by atoms with E-state index >= 15 is 0 Å². The van der Waals surface area contributed by atoms with Crippen molar-refractivity contribution in [1.82, 2.24) is 0 Å². The van der Waals surface area contributed by atoms with Crippen LogP contribution in [0.4, 0.5) is 10.1 Å². The molecule has 0 unspecified atom stereocenters. The molecule has 0 aliphatic heterocycles. The molecule has 4 nitrogen and oxygen atoms in total. The number of anilines is 1. The maximum atomic E-state index is 13.7. The number of carbonyl (C=O) groups excluding carboxylic acids is 1. The highest BCUT2D eigenvalue weighted by molar-refractivity contribution is 5.90. The third-order valence-corrected chi connectivity index (χ3v) is 2.39. The maximum absolute atomic E-state index is 13.7. The number of halogens is 1. The number of hydrogen-bond donors (Lipinski definition) is 2. The van der Waals surface area contributed by atoms with Crippen LogP contribution in [0.15, 0.2) is 18.2 Å². The van der Waals surface area contributed by atoms with Crippen molar-refractivity contribution in [3.8, 4) is 11.8 Å². The molecule has 0 atom stereocenters. The number of benzene rings is 1. The van der Waals surface area contributed by atoms with Gasteiger partial charge in [-0.05, 0) is 25.1 Å². The standard InChI is InChI=1S/C15H18FNO3/c1-2-20-10-8-15(19)17-14-7-6-12(11-13(14)16)5-3-4-9-18/h6-7,11,18H,2,4,8-10H2,1H3,(H,17,19). The molecule has 1 aromatic rings. The Kier molecular flexibility index (Phi) is 7.33. The Morgan fingerprint density at radius 3 is 2.95 bits per heavy atom. The van der Waals surface area contributed by atoms with Gasteiger partial charge in [0.15, 0.2) is 0 Å². The van der Waals surface area contributed by atoms with Gasteiger partial charge in [0.2, 0.25) is 5.91 Å². The van der Waals surface area contributed by atoms with Crippen LogP contribution in [-0.2, 0) is 9.53 Å². The van der Waals surface area contributed by atoms with Gasteiger partial charge in [-0.15, -0.1) is 0 Å². The average Bonchev–Trinajstić information content (AvgIpc) is 2.42. The topological polar surface area (TPSA) is 58.6 Å². The van der Waals surface area contributed by atoms with Crippen molar-refractivity contribution >= 4 is 11.6 Å². The largest absolute Gasteiger partial charge is 0.395 e. The van der Waals surface area contributed by atoms with Gasteiger partial charge in [-0.1, -0.05) is 11.8 Å². The predicted octanol–water partition coefficient (Wildman–Crippen LogP) is 1.92. The quantitative estimate of drug-likeness (QED) is 0.618. The summed E-state index contributed by atoms with van der Waals surface area (Å²) in [5.41, 5.74) is 0.627. The van der Waals surface area contributed by atoms with Crippen LogP contribution in [-0.4, -0.2) is 30.8 Å². The van der Waals surface area contributed by atoms with Crippen molar-refractivity contribution in [3.63, 3.8) is 0 Å². The Labute approximate surface area is 117 Å². The number of nitrogens with one attached hydrogen (secondary N) is 1. The SMILES string of the molecule is CCOCCC(=O)Nc1ccc(C#CCCO)cc1F. The number of amides is 1. The number of rotatable bonds is 6. The van der Waals surface area contributed by atoms with Crippen LogP contribution >= 0.6 is 0 Å². The van der Waals surface area contributed by atoms with E-state index in [0.717, 1.165) is 0 Å². The highest BCUT2D eigenvalue weighted by atomic mass is 19.1. The molecule has 1 rings (SSSR count). The maximum Gasteiger partial charge on any atom is 0.226 e. The van der Waals surface area contributed by atoms with E-state index in [1.807, 2.05) is 6.92 Å². The number of carbonyl (C=O) groups is 1. The first kappa shape index (κ1) is 16.2. The van der Waals surface area contributed by atoms with E-state index in [1.165, 1.54) is 12.1 Å². The molecule has 0 aliphatic rings. The van der Waals surface area contributed by atoms with E-state index in [0.29, 0.717) is 25.2 Å². The number of hydrogen-bond acceptors (Lipinski definition) is 3. The fraction of sp³-hybridized carbons (Fsp3) is 0.400. The zero-order valence-electron chi connectivity index (χ0n) is 11.4. The molecule has 0 saturated heterocycles. The van der Waals surface area contributed by atoms with Gasteiger partial charge in [0.05, 0.1) is 25.3 Å². The molecule has 0 saturated carbocycles. The summed E-state index contributed by atoms with van der Waals surface area (Å²) < 4.78 is 18.8. The van der Waals surface area contributed by atoms with Crippen LogP contribution in [0.25, 0.3) is 0 Å². The first-order valence-corrected chi connectivity index (χ1v) is 6.44. The van der Waals surface area contributed by atoms with E-state index in [9.17, 15) is 9.18 Å². The van der Waals surface area contributed by atoms with Gasteiger partial charge in [-0.3, -0.25) is 4.79 Å². The second-order valence-electron chi connectivity index (χ2n) is 3.97. The van der Waals surface area contributed by atoms with Crippen molar-refractivity contribution in [3.05, 3.63) is 29.6 Å². The first-order valence-electron chi connectivity index (χ1n) is 6.44. The lowest BCUT2D eigenvalue weighted by molar-refractivity contribution is -0.117. The number of aliphatic hydroxyl groups is 1. The van der Waals surface area contributed by atoms with Gasteiger partial charge in [-0.2, -0.15) is 0 Å². The predicted molar refractivity (Wildman–Crippen MR) is 74.7 cm³/mol. The third kappa shape index (κ3) is 5.83. The highest BCUT2D eigenvalue weighted by Gasteiger charge is 2.07. The Morgan fingerprint density at radius 1 is 1.50 bits per heavy atom. The lowest BCUT2D eigenvalue weighted by Crippen LogP contribution is -2.15. The molecule has 1 amide bonds. The summed E-state index contributed by atoms with van der Waals surface area (Å²) in [5, 5.41) is 11.1. The minimum Gasteiger partial charge on any atom is -0.395 e. The van der Waals surface area contributed by atoms with E-state index in [1.54, 1.807) is 6.07 Å².